The monoisotopic (exact) mass is 455 g/mol. The van der Waals surface area contributed by atoms with Crippen LogP contribution in [0.25, 0.3) is 11.0 Å². The van der Waals surface area contributed by atoms with E-state index in [2.05, 4.69) is 15.0 Å². The van der Waals surface area contributed by atoms with Gasteiger partial charge in [0.2, 0.25) is 0 Å². The first-order chi connectivity index (χ1) is 15.6. The van der Waals surface area contributed by atoms with E-state index >= 15 is 0 Å². The number of nitrogens with one attached hydrogen (secondary N) is 1. The molecule has 2 aromatic heterocycles. The molecule has 1 spiro atoms. The van der Waals surface area contributed by atoms with E-state index in [0.717, 1.165) is 40.9 Å². The van der Waals surface area contributed by atoms with E-state index in [1.165, 1.54) is 19.3 Å². The van der Waals surface area contributed by atoms with Crippen molar-refractivity contribution < 1.29 is 18.8 Å². The van der Waals surface area contributed by atoms with Gasteiger partial charge < -0.3 is 18.8 Å². The van der Waals surface area contributed by atoms with Gasteiger partial charge in [-0.2, -0.15) is 4.98 Å². The summed E-state index contributed by atoms with van der Waals surface area (Å²) >= 11 is -1.33. The number of imidazole rings is 1. The second kappa shape index (κ2) is 9.39. The van der Waals surface area contributed by atoms with Crippen molar-refractivity contribution in [3.8, 4) is 5.75 Å². The summed E-state index contributed by atoms with van der Waals surface area (Å²) in [5.74, 6) is 0.883. The molecular weight excluding hydrogens is 426 g/mol. The number of aromatic amines is 1. The first-order valence-electron chi connectivity index (χ1n) is 11.3. The molecule has 170 valence electrons. The summed E-state index contributed by atoms with van der Waals surface area (Å²) in [6.45, 7) is 3.80. The maximum absolute atomic E-state index is 12.9. The van der Waals surface area contributed by atoms with Crippen LogP contribution in [0.5, 0.6) is 5.75 Å². The predicted octanol–water partition coefficient (Wildman–Crippen LogP) is 4.28. The van der Waals surface area contributed by atoms with Gasteiger partial charge in [-0.1, -0.05) is 18.6 Å². The smallest absolute Gasteiger partial charge is 0.322 e. The summed E-state index contributed by atoms with van der Waals surface area (Å²) in [5.41, 5.74) is 3.34. The van der Waals surface area contributed by atoms with E-state index in [-0.39, 0.29) is 17.5 Å². The standard InChI is InChI=1S/C24H29N3O4S/c1-17-21(16-32(28)23-26-19-7-3-4-8-20(19)27-23)25-12-9-22(17)29-13-18-14-30-24(31-15-18)10-5-2-6-11-24/h3-4,7-9,12,18H,2,5-6,10-11,13-16H2,1H3,(H,26,27). The van der Waals surface area contributed by atoms with Gasteiger partial charge in [-0.3, -0.25) is 9.97 Å². The van der Waals surface area contributed by atoms with Crippen LogP contribution in [0.1, 0.15) is 43.4 Å². The van der Waals surface area contributed by atoms with Crippen molar-refractivity contribution in [2.45, 2.75) is 55.7 Å². The van der Waals surface area contributed by atoms with Crippen LogP contribution < -0.4 is 4.74 Å². The average molecular weight is 456 g/mol. The van der Waals surface area contributed by atoms with Crippen molar-refractivity contribution in [2.75, 3.05) is 19.8 Å². The summed E-state index contributed by atoms with van der Waals surface area (Å²) in [5, 5.41) is 0.465. The Balaban J connectivity index is 1.19. The minimum Gasteiger partial charge on any atom is -0.609 e. The fourth-order valence-corrected chi connectivity index (χ4v) is 5.50. The Bertz CT molecular complexity index is 1020. The number of aromatic nitrogens is 3. The number of pyridine rings is 1. The molecule has 3 heterocycles. The van der Waals surface area contributed by atoms with E-state index in [1.807, 2.05) is 37.3 Å². The SMILES string of the molecule is Cc1c(OCC2COC3(CCCCC3)OC2)ccnc1C[S+]([O-])c1nc2ccccc2[nH]1. The fraction of sp³-hybridized carbons (Fsp3) is 0.500. The van der Waals surface area contributed by atoms with Gasteiger partial charge in [-0.05, 0) is 38.0 Å². The Hall–Kier alpha value is -2.13. The van der Waals surface area contributed by atoms with Gasteiger partial charge in [0.25, 0.3) is 0 Å². The Labute approximate surface area is 191 Å². The number of ether oxygens (including phenoxy) is 3. The molecule has 1 aromatic carbocycles. The Morgan fingerprint density at radius 3 is 2.72 bits per heavy atom. The zero-order valence-electron chi connectivity index (χ0n) is 18.3. The van der Waals surface area contributed by atoms with Crippen molar-refractivity contribution in [2.24, 2.45) is 5.92 Å². The van der Waals surface area contributed by atoms with Crippen LogP contribution in [0.3, 0.4) is 0 Å². The van der Waals surface area contributed by atoms with E-state index in [4.69, 9.17) is 14.2 Å². The highest BCUT2D eigenvalue weighted by atomic mass is 32.2. The molecule has 1 aliphatic carbocycles. The highest BCUT2D eigenvalue weighted by Gasteiger charge is 2.38. The lowest BCUT2D eigenvalue weighted by Gasteiger charge is -2.42. The molecule has 3 aromatic rings. The molecule has 1 unspecified atom stereocenters. The van der Waals surface area contributed by atoms with E-state index in [0.29, 0.717) is 25.0 Å². The van der Waals surface area contributed by atoms with Crippen LogP contribution in [-0.4, -0.2) is 45.1 Å². The molecule has 1 saturated heterocycles. The number of hydrogen-bond acceptors (Lipinski definition) is 6. The molecule has 1 aliphatic heterocycles. The fourth-order valence-electron chi connectivity index (χ4n) is 4.40. The molecule has 1 saturated carbocycles. The highest BCUT2D eigenvalue weighted by Crippen LogP contribution is 2.36. The Morgan fingerprint density at radius 1 is 1.16 bits per heavy atom. The molecule has 32 heavy (non-hydrogen) atoms. The van der Waals surface area contributed by atoms with Gasteiger partial charge >= 0.3 is 5.16 Å². The van der Waals surface area contributed by atoms with Crippen molar-refractivity contribution in [1.29, 1.82) is 0 Å². The topological polar surface area (TPSA) is 92.3 Å². The predicted molar refractivity (Wildman–Crippen MR) is 122 cm³/mol. The third-order valence-electron chi connectivity index (χ3n) is 6.36. The van der Waals surface area contributed by atoms with Crippen LogP contribution in [-0.2, 0) is 26.4 Å². The van der Waals surface area contributed by atoms with Crippen LogP contribution in [0.2, 0.25) is 0 Å². The minimum atomic E-state index is -1.33. The number of para-hydroxylation sites is 2. The van der Waals surface area contributed by atoms with E-state index < -0.39 is 11.2 Å². The van der Waals surface area contributed by atoms with Crippen LogP contribution in [0.15, 0.2) is 41.7 Å². The second-order valence-electron chi connectivity index (χ2n) is 8.70. The number of nitrogens with zero attached hydrogens (tertiary/aromatic N) is 2. The molecule has 7 nitrogen and oxygen atoms in total. The maximum Gasteiger partial charge on any atom is 0.322 e. The first-order valence-corrected chi connectivity index (χ1v) is 12.6. The average Bonchev–Trinajstić information content (AvgIpc) is 3.26. The van der Waals surface area contributed by atoms with Crippen molar-refractivity contribution >= 4 is 22.2 Å². The van der Waals surface area contributed by atoms with Gasteiger partial charge in [0, 0.05) is 41.7 Å². The van der Waals surface area contributed by atoms with E-state index in [9.17, 15) is 4.55 Å². The van der Waals surface area contributed by atoms with Crippen molar-refractivity contribution in [1.82, 2.24) is 15.0 Å². The number of H-pyrrole nitrogens is 1. The lowest BCUT2D eigenvalue weighted by Crippen LogP contribution is -2.46. The minimum absolute atomic E-state index is 0.197. The molecule has 5 rings (SSSR count). The molecule has 1 N–H and O–H groups in total. The molecule has 2 aliphatic rings. The normalized spacial score (nSPS) is 19.9. The highest BCUT2D eigenvalue weighted by molar-refractivity contribution is 7.90. The zero-order chi connectivity index (χ0) is 22.0. The third-order valence-corrected chi connectivity index (χ3v) is 7.52. The summed E-state index contributed by atoms with van der Waals surface area (Å²) in [4.78, 5) is 12.0. The quantitative estimate of drug-likeness (QED) is 0.558. The molecule has 2 fully saturated rings. The number of hydrogen-bond donors (Lipinski definition) is 1. The Kier molecular flexibility index (Phi) is 6.37. The number of rotatable bonds is 6. The van der Waals surface area contributed by atoms with Gasteiger partial charge in [0.15, 0.2) is 11.5 Å². The van der Waals surface area contributed by atoms with Gasteiger partial charge in [-0.15, -0.1) is 0 Å². The Morgan fingerprint density at radius 2 is 1.94 bits per heavy atom. The summed E-state index contributed by atoms with van der Waals surface area (Å²) in [7, 11) is 0. The maximum atomic E-state index is 12.9. The summed E-state index contributed by atoms with van der Waals surface area (Å²) in [6, 6.07) is 9.53. The molecule has 0 bridgehead atoms. The van der Waals surface area contributed by atoms with Crippen LogP contribution >= 0.6 is 0 Å². The molecular formula is C24H29N3O4S. The molecule has 0 radical (unpaired) electrons. The van der Waals surface area contributed by atoms with Gasteiger partial charge in [-0.25, -0.2) is 0 Å². The lowest BCUT2D eigenvalue weighted by molar-refractivity contribution is -0.296. The zero-order valence-corrected chi connectivity index (χ0v) is 19.2. The van der Waals surface area contributed by atoms with E-state index in [1.54, 1.807) is 6.20 Å². The number of fused-ring (bicyclic) bond motifs is 1. The second-order valence-corrected chi connectivity index (χ2v) is 10.1. The lowest BCUT2D eigenvalue weighted by atomic mass is 9.93. The van der Waals surface area contributed by atoms with Crippen LogP contribution in [0, 0.1) is 12.8 Å². The summed E-state index contributed by atoms with van der Waals surface area (Å²) in [6.07, 6.45) is 7.32. The third kappa shape index (κ3) is 4.64. The summed E-state index contributed by atoms with van der Waals surface area (Å²) < 4.78 is 31.3. The largest absolute Gasteiger partial charge is 0.609 e. The van der Waals surface area contributed by atoms with Crippen molar-refractivity contribution in [3.05, 3.63) is 47.8 Å². The molecule has 0 amide bonds. The van der Waals surface area contributed by atoms with Crippen molar-refractivity contribution in [3.63, 3.8) is 0 Å². The first kappa shape index (κ1) is 21.7. The van der Waals surface area contributed by atoms with Crippen LogP contribution in [0.4, 0.5) is 0 Å². The van der Waals surface area contributed by atoms with Gasteiger partial charge in [0.05, 0.1) is 36.5 Å². The number of benzene rings is 1. The molecule has 8 heteroatoms. The molecule has 1 atom stereocenters. The van der Waals surface area contributed by atoms with Gasteiger partial charge in [0.1, 0.15) is 5.75 Å².